The van der Waals surface area contributed by atoms with E-state index in [1.807, 2.05) is 0 Å². The maximum atomic E-state index is 12.2. The summed E-state index contributed by atoms with van der Waals surface area (Å²) in [7, 11) is 0. The smallest absolute Gasteiger partial charge is 0.333 e. The van der Waals surface area contributed by atoms with Gasteiger partial charge in [0.05, 0.1) is 0 Å². The molecule has 0 heterocycles. The lowest BCUT2D eigenvalue weighted by molar-refractivity contribution is -0.163. The summed E-state index contributed by atoms with van der Waals surface area (Å²) in [6.45, 7) is 9.65. The second-order valence-electron chi connectivity index (χ2n) is 7.42. The number of rotatable bonds is 4. The summed E-state index contributed by atoms with van der Waals surface area (Å²) in [5.41, 5.74) is 2.28. The third kappa shape index (κ3) is 2.60. The van der Waals surface area contributed by atoms with Crippen molar-refractivity contribution >= 4 is 5.97 Å². The average molecular weight is 298 g/mol. The van der Waals surface area contributed by atoms with Gasteiger partial charge in [-0.05, 0) is 57.4 Å². The molecule has 118 valence electrons. The van der Waals surface area contributed by atoms with Gasteiger partial charge in [0.2, 0.25) is 0 Å². The van der Waals surface area contributed by atoms with Crippen LogP contribution in [-0.4, -0.2) is 5.97 Å². The lowest BCUT2D eigenvalue weighted by Crippen LogP contribution is -2.40. The molecule has 2 nitrogen and oxygen atoms in total. The van der Waals surface area contributed by atoms with Crippen LogP contribution in [0.2, 0.25) is 0 Å². The first-order valence-corrected chi connectivity index (χ1v) is 8.36. The van der Waals surface area contributed by atoms with Crippen LogP contribution in [0.3, 0.4) is 0 Å². The van der Waals surface area contributed by atoms with Crippen LogP contribution in [0.1, 0.15) is 50.7 Å². The molecular formula is C20H26O2. The van der Waals surface area contributed by atoms with Gasteiger partial charge >= 0.3 is 5.97 Å². The number of aryl methyl sites for hydroxylation is 1. The van der Waals surface area contributed by atoms with Gasteiger partial charge in [-0.15, -0.1) is 0 Å². The van der Waals surface area contributed by atoms with Crippen molar-refractivity contribution in [1.82, 2.24) is 0 Å². The van der Waals surface area contributed by atoms with Gasteiger partial charge in [0.15, 0.2) is 0 Å². The summed E-state index contributed by atoms with van der Waals surface area (Å²) < 4.78 is 6.02. The van der Waals surface area contributed by atoms with Crippen molar-refractivity contribution in [3.05, 3.63) is 47.5 Å². The second kappa shape index (κ2) is 5.57. The van der Waals surface area contributed by atoms with E-state index in [9.17, 15) is 4.79 Å². The van der Waals surface area contributed by atoms with Crippen LogP contribution in [0.5, 0.6) is 0 Å². The number of hydrogen-bond donors (Lipinski definition) is 0. The maximum absolute atomic E-state index is 12.2. The molecule has 0 N–H and O–H groups in total. The number of ether oxygens (including phenoxy) is 1. The molecule has 2 fully saturated rings. The Morgan fingerprint density at radius 2 is 1.91 bits per heavy atom. The average Bonchev–Trinajstić information content (AvgIpc) is 3.10. The van der Waals surface area contributed by atoms with E-state index in [-0.39, 0.29) is 5.97 Å². The molecule has 2 heteroatoms. The van der Waals surface area contributed by atoms with Crippen molar-refractivity contribution < 1.29 is 9.53 Å². The van der Waals surface area contributed by atoms with Gasteiger partial charge in [-0.1, -0.05) is 42.8 Å². The molecule has 0 amide bonds. The summed E-state index contributed by atoms with van der Waals surface area (Å²) in [4.78, 5) is 12.2. The van der Waals surface area contributed by atoms with Crippen molar-refractivity contribution in [2.45, 2.75) is 52.1 Å². The third-order valence-electron chi connectivity index (χ3n) is 5.72. The number of benzene rings is 1. The Hall–Kier alpha value is -1.57. The van der Waals surface area contributed by atoms with Gasteiger partial charge in [-0.3, -0.25) is 0 Å². The van der Waals surface area contributed by atoms with Crippen molar-refractivity contribution in [3.63, 3.8) is 0 Å². The molecule has 0 aliphatic heterocycles. The highest BCUT2D eigenvalue weighted by Gasteiger charge is 2.51. The summed E-state index contributed by atoms with van der Waals surface area (Å²) in [5.74, 6) is 1.67. The second-order valence-corrected chi connectivity index (χ2v) is 7.42. The fourth-order valence-electron chi connectivity index (χ4n) is 4.43. The first-order valence-electron chi connectivity index (χ1n) is 8.36. The summed E-state index contributed by atoms with van der Waals surface area (Å²) in [6.07, 6.45) is 5.11. The number of fused-ring (bicyclic) bond motifs is 2. The molecule has 4 unspecified atom stereocenters. The molecule has 4 atom stereocenters. The van der Waals surface area contributed by atoms with E-state index >= 15 is 0 Å². The molecule has 2 aliphatic carbocycles. The maximum Gasteiger partial charge on any atom is 0.333 e. The number of esters is 1. The van der Waals surface area contributed by atoms with Crippen molar-refractivity contribution in [1.29, 1.82) is 0 Å². The van der Waals surface area contributed by atoms with E-state index in [1.54, 1.807) is 6.92 Å². The predicted molar refractivity (Wildman–Crippen MR) is 88.4 cm³/mol. The number of hydrogen-bond acceptors (Lipinski definition) is 2. The van der Waals surface area contributed by atoms with Gasteiger partial charge in [-0.25, -0.2) is 4.79 Å². The Kier molecular flexibility index (Phi) is 3.88. The van der Waals surface area contributed by atoms with Gasteiger partial charge < -0.3 is 4.74 Å². The SMILES string of the molecule is C=C(C)C(=O)OC(C)(c1ccc(C)cc1)C1CC2CCC1C2. The van der Waals surface area contributed by atoms with Crippen molar-refractivity contribution in [3.8, 4) is 0 Å². The monoisotopic (exact) mass is 298 g/mol. The first-order chi connectivity index (χ1) is 10.4. The Bertz CT molecular complexity index is 586. The van der Waals surface area contributed by atoms with Crippen LogP contribution >= 0.6 is 0 Å². The molecule has 1 aromatic rings. The fraction of sp³-hybridized carbons (Fsp3) is 0.550. The van der Waals surface area contributed by atoms with Gasteiger partial charge in [0.1, 0.15) is 5.60 Å². The molecule has 0 radical (unpaired) electrons. The molecule has 0 spiro atoms. The van der Waals surface area contributed by atoms with Crippen LogP contribution in [0.4, 0.5) is 0 Å². The molecule has 1 aromatic carbocycles. The van der Waals surface area contributed by atoms with E-state index in [1.165, 1.54) is 31.2 Å². The van der Waals surface area contributed by atoms with Crippen LogP contribution < -0.4 is 0 Å². The minimum absolute atomic E-state index is 0.272. The van der Waals surface area contributed by atoms with Gasteiger partial charge in [-0.2, -0.15) is 0 Å². The summed E-state index contributed by atoms with van der Waals surface area (Å²) in [6, 6.07) is 8.45. The van der Waals surface area contributed by atoms with E-state index < -0.39 is 5.60 Å². The highest BCUT2D eigenvalue weighted by Crippen LogP contribution is 2.55. The molecule has 2 bridgehead atoms. The van der Waals surface area contributed by atoms with Crippen LogP contribution in [-0.2, 0) is 15.1 Å². The molecule has 0 saturated heterocycles. The lowest BCUT2D eigenvalue weighted by Gasteiger charge is -2.40. The Morgan fingerprint density at radius 1 is 1.23 bits per heavy atom. The minimum atomic E-state index is -0.538. The zero-order valence-electron chi connectivity index (χ0n) is 13.9. The fourth-order valence-corrected chi connectivity index (χ4v) is 4.43. The van der Waals surface area contributed by atoms with Gasteiger partial charge in [0, 0.05) is 11.5 Å². The molecule has 22 heavy (non-hydrogen) atoms. The quantitative estimate of drug-likeness (QED) is 0.591. The summed E-state index contributed by atoms with van der Waals surface area (Å²) >= 11 is 0. The van der Waals surface area contributed by atoms with Crippen LogP contribution in [0.25, 0.3) is 0 Å². The van der Waals surface area contributed by atoms with E-state index in [2.05, 4.69) is 44.7 Å². The van der Waals surface area contributed by atoms with E-state index in [0.29, 0.717) is 17.4 Å². The Morgan fingerprint density at radius 3 is 2.41 bits per heavy atom. The molecule has 2 aliphatic rings. The standard InChI is InChI=1S/C20H26O2/c1-13(2)19(21)22-20(4,17-9-5-14(3)6-10-17)18-12-15-7-8-16(18)11-15/h5-6,9-10,15-16,18H,1,7-8,11-12H2,2-4H3. The highest BCUT2D eigenvalue weighted by atomic mass is 16.6. The van der Waals surface area contributed by atoms with Crippen molar-refractivity contribution in [2.24, 2.45) is 17.8 Å². The summed E-state index contributed by atoms with van der Waals surface area (Å²) in [5, 5.41) is 0. The molecule has 2 saturated carbocycles. The Labute approximate surface area is 133 Å². The van der Waals surface area contributed by atoms with Crippen LogP contribution in [0, 0.1) is 24.7 Å². The lowest BCUT2D eigenvalue weighted by atomic mass is 9.73. The molecule has 3 rings (SSSR count). The topological polar surface area (TPSA) is 26.3 Å². The zero-order chi connectivity index (χ0) is 15.9. The largest absolute Gasteiger partial charge is 0.451 e. The third-order valence-corrected chi connectivity index (χ3v) is 5.72. The predicted octanol–water partition coefficient (Wildman–Crippen LogP) is 4.77. The Balaban J connectivity index is 1.96. The number of carbonyl (C=O) groups excluding carboxylic acids is 1. The highest BCUT2D eigenvalue weighted by molar-refractivity contribution is 5.87. The van der Waals surface area contributed by atoms with Gasteiger partial charge in [0.25, 0.3) is 0 Å². The van der Waals surface area contributed by atoms with Crippen LogP contribution in [0.15, 0.2) is 36.4 Å². The zero-order valence-corrected chi connectivity index (χ0v) is 13.9. The van der Waals surface area contributed by atoms with E-state index in [0.717, 1.165) is 11.5 Å². The van der Waals surface area contributed by atoms with Crippen molar-refractivity contribution in [2.75, 3.05) is 0 Å². The first kappa shape index (κ1) is 15.3. The minimum Gasteiger partial charge on any atom is -0.451 e. The van der Waals surface area contributed by atoms with E-state index in [4.69, 9.17) is 4.74 Å². The molecular weight excluding hydrogens is 272 g/mol. The molecule has 0 aromatic heterocycles. The number of carbonyl (C=O) groups is 1. The normalized spacial score (nSPS) is 29.1.